The van der Waals surface area contributed by atoms with E-state index in [0.717, 1.165) is 28.1 Å². The molecule has 3 rings (SSSR count). The van der Waals surface area contributed by atoms with Gasteiger partial charge in [0.15, 0.2) is 5.13 Å². The molecular formula is C20H17N3O2S. The Kier molecular flexibility index (Phi) is 5.30. The number of ether oxygens (including phenoxy) is 1. The molecule has 0 aliphatic carbocycles. The quantitative estimate of drug-likeness (QED) is 0.738. The largest absolute Gasteiger partial charge is 0.496 e. The third-order valence-corrected chi connectivity index (χ3v) is 4.64. The van der Waals surface area contributed by atoms with Crippen LogP contribution in [0.4, 0.5) is 5.13 Å². The summed E-state index contributed by atoms with van der Waals surface area (Å²) >= 11 is 1.37. The van der Waals surface area contributed by atoms with Crippen LogP contribution in [0.5, 0.6) is 5.75 Å². The predicted molar refractivity (Wildman–Crippen MR) is 102 cm³/mol. The summed E-state index contributed by atoms with van der Waals surface area (Å²) in [5.74, 6) is 0.691. The molecule has 0 aliphatic rings. The second-order valence-corrected chi connectivity index (χ2v) is 6.61. The van der Waals surface area contributed by atoms with Crippen LogP contribution < -0.4 is 10.1 Å². The monoisotopic (exact) mass is 363 g/mol. The fraction of sp³-hybridized carbons (Fsp3) is 0.150. The SMILES string of the molecule is COc1ccc(CC(=O)Nc2nc(-c3ccc(C#N)cc3)cs2)cc1C. The molecule has 1 heterocycles. The van der Waals surface area contributed by atoms with Crippen LogP contribution in [-0.2, 0) is 11.2 Å². The third kappa shape index (κ3) is 4.08. The first-order valence-electron chi connectivity index (χ1n) is 7.98. The molecule has 0 atom stereocenters. The third-order valence-electron chi connectivity index (χ3n) is 3.88. The van der Waals surface area contributed by atoms with Gasteiger partial charge in [-0.05, 0) is 36.2 Å². The first-order chi connectivity index (χ1) is 12.6. The number of rotatable bonds is 5. The van der Waals surface area contributed by atoms with Crippen molar-refractivity contribution in [3.8, 4) is 23.1 Å². The minimum Gasteiger partial charge on any atom is -0.496 e. The highest BCUT2D eigenvalue weighted by molar-refractivity contribution is 7.14. The van der Waals surface area contributed by atoms with E-state index in [9.17, 15) is 4.79 Å². The highest BCUT2D eigenvalue weighted by Crippen LogP contribution is 2.25. The molecule has 1 amide bonds. The number of aryl methyl sites for hydroxylation is 1. The average Bonchev–Trinajstić information content (AvgIpc) is 3.10. The maximum atomic E-state index is 12.3. The molecule has 0 unspecified atom stereocenters. The summed E-state index contributed by atoms with van der Waals surface area (Å²) in [5.41, 5.74) is 4.20. The molecule has 1 N–H and O–H groups in total. The molecule has 0 bridgehead atoms. The average molecular weight is 363 g/mol. The lowest BCUT2D eigenvalue weighted by Gasteiger charge is -2.07. The minimum atomic E-state index is -0.115. The number of aromatic nitrogens is 1. The van der Waals surface area contributed by atoms with Crippen molar-refractivity contribution in [1.29, 1.82) is 5.26 Å². The Hall–Kier alpha value is -3.17. The molecule has 0 fully saturated rings. The van der Waals surface area contributed by atoms with Crippen LogP contribution >= 0.6 is 11.3 Å². The molecule has 3 aromatic rings. The summed E-state index contributed by atoms with van der Waals surface area (Å²) in [5, 5.41) is 14.1. The molecule has 0 radical (unpaired) electrons. The maximum absolute atomic E-state index is 12.3. The molecule has 1 aromatic heterocycles. The van der Waals surface area contributed by atoms with Gasteiger partial charge in [0.25, 0.3) is 0 Å². The topological polar surface area (TPSA) is 75.0 Å². The number of nitrogens with one attached hydrogen (secondary N) is 1. The van der Waals surface area contributed by atoms with Crippen LogP contribution in [0.25, 0.3) is 11.3 Å². The molecular weight excluding hydrogens is 346 g/mol. The van der Waals surface area contributed by atoms with Crippen LogP contribution in [0.1, 0.15) is 16.7 Å². The highest BCUT2D eigenvalue weighted by Gasteiger charge is 2.10. The van der Waals surface area contributed by atoms with E-state index in [1.54, 1.807) is 19.2 Å². The van der Waals surface area contributed by atoms with E-state index in [2.05, 4.69) is 16.4 Å². The number of amides is 1. The fourth-order valence-electron chi connectivity index (χ4n) is 2.58. The number of nitrogens with zero attached hydrogens (tertiary/aromatic N) is 2. The smallest absolute Gasteiger partial charge is 0.230 e. The van der Waals surface area contributed by atoms with E-state index in [-0.39, 0.29) is 12.3 Å². The van der Waals surface area contributed by atoms with E-state index in [1.807, 2.05) is 42.6 Å². The number of methoxy groups -OCH3 is 1. The van der Waals surface area contributed by atoms with Crippen LogP contribution in [0, 0.1) is 18.3 Å². The Morgan fingerprint density at radius 1 is 1.27 bits per heavy atom. The normalized spacial score (nSPS) is 10.2. The summed E-state index contributed by atoms with van der Waals surface area (Å²) in [6.45, 7) is 1.95. The van der Waals surface area contributed by atoms with Gasteiger partial charge in [-0.1, -0.05) is 24.3 Å². The molecule has 0 saturated heterocycles. The molecule has 0 saturated carbocycles. The lowest BCUT2D eigenvalue weighted by molar-refractivity contribution is -0.115. The van der Waals surface area contributed by atoms with Crippen molar-refractivity contribution in [1.82, 2.24) is 4.98 Å². The standard InChI is InChI=1S/C20H17N3O2S/c1-13-9-15(5-8-18(13)25-2)10-19(24)23-20-22-17(12-26-20)16-6-3-14(11-21)4-7-16/h3-9,12H,10H2,1-2H3,(H,22,23,24). The molecule has 130 valence electrons. The van der Waals surface area contributed by atoms with Crippen molar-refractivity contribution >= 4 is 22.4 Å². The maximum Gasteiger partial charge on any atom is 0.230 e. The van der Waals surface area contributed by atoms with Gasteiger partial charge in [0, 0.05) is 10.9 Å². The van der Waals surface area contributed by atoms with Crippen molar-refractivity contribution < 1.29 is 9.53 Å². The van der Waals surface area contributed by atoms with Gasteiger partial charge in [-0.15, -0.1) is 11.3 Å². The van der Waals surface area contributed by atoms with Crippen molar-refractivity contribution in [2.24, 2.45) is 0 Å². The zero-order chi connectivity index (χ0) is 18.5. The fourth-order valence-corrected chi connectivity index (χ4v) is 3.31. The number of carbonyl (C=O) groups excluding carboxylic acids is 1. The van der Waals surface area contributed by atoms with Gasteiger partial charge in [-0.3, -0.25) is 4.79 Å². The highest BCUT2D eigenvalue weighted by atomic mass is 32.1. The lowest BCUT2D eigenvalue weighted by atomic mass is 10.1. The van der Waals surface area contributed by atoms with Gasteiger partial charge in [0.1, 0.15) is 5.75 Å². The summed E-state index contributed by atoms with van der Waals surface area (Å²) in [4.78, 5) is 16.7. The van der Waals surface area contributed by atoms with Crippen molar-refractivity contribution in [3.63, 3.8) is 0 Å². The number of hydrogen-bond donors (Lipinski definition) is 1. The second kappa shape index (κ2) is 7.81. The zero-order valence-corrected chi connectivity index (χ0v) is 15.3. The van der Waals surface area contributed by atoms with Crippen LogP contribution in [-0.4, -0.2) is 18.0 Å². The molecule has 6 heteroatoms. The summed E-state index contributed by atoms with van der Waals surface area (Å²) in [7, 11) is 1.63. The Bertz CT molecular complexity index is 971. The number of benzene rings is 2. The number of hydrogen-bond acceptors (Lipinski definition) is 5. The van der Waals surface area contributed by atoms with Crippen molar-refractivity contribution in [2.75, 3.05) is 12.4 Å². The van der Waals surface area contributed by atoms with Crippen LogP contribution in [0.15, 0.2) is 47.8 Å². The van der Waals surface area contributed by atoms with Gasteiger partial charge < -0.3 is 10.1 Å². The summed E-state index contributed by atoms with van der Waals surface area (Å²) < 4.78 is 5.23. The number of anilines is 1. The molecule has 0 aliphatic heterocycles. The van der Waals surface area contributed by atoms with E-state index in [4.69, 9.17) is 10.00 Å². The summed E-state index contributed by atoms with van der Waals surface area (Å²) in [6, 6.07) is 15.0. The van der Waals surface area contributed by atoms with E-state index < -0.39 is 0 Å². The first-order valence-corrected chi connectivity index (χ1v) is 8.86. The Balaban J connectivity index is 1.65. The lowest BCUT2D eigenvalue weighted by Crippen LogP contribution is -2.14. The molecule has 26 heavy (non-hydrogen) atoms. The Morgan fingerprint density at radius 3 is 2.69 bits per heavy atom. The Morgan fingerprint density at radius 2 is 2.04 bits per heavy atom. The van der Waals surface area contributed by atoms with Gasteiger partial charge in [-0.25, -0.2) is 4.98 Å². The van der Waals surface area contributed by atoms with Gasteiger partial charge >= 0.3 is 0 Å². The zero-order valence-electron chi connectivity index (χ0n) is 14.4. The van der Waals surface area contributed by atoms with Gasteiger partial charge in [-0.2, -0.15) is 5.26 Å². The summed E-state index contributed by atoms with van der Waals surface area (Å²) in [6.07, 6.45) is 0.274. The number of nitriles is 1. The Labute approximate surface area is 155 Å². The second-order valence-electron chi connectivity index (χ2n) is 5.76. The first kappa shape index (κ1) is 17.6. The predicted octanol–water partition coefficient (Wildman–Crippen LogP) is 4.18. The molecule has 0 spiro atoms. The van der Waals surface area contributed by atoms with E-state index in [0.29, 0.717) is 10.7 Å². The molecule has 2 aromatic carbocycles. The van der Waals surface area contributed by atoms with Gasteiger partial charge in [0.05, 0.1) is 30.9 Å². The number of thiazole rings is 1. The van der Waals surface area contributed by atoms with Crippen molar-refractivity contribution in [2.45, 2.75) is 13.3 Å². The van der Waals surface area contributed by atoms with Crippen LogP contribution in [0.3, 0.4) is 0 Å². The van der Waals surface area contributed by atoms with Gasteiger partial charge in [0.2, 0.25) is 5.91 Å². The number of carbonyl (C=O) groups is 1. The van der Waals surface area contributed by atoms with Crippen LogP contribution in [0.2, 0.25) is 0 Å². The van der Waals surface area contributed by atoms with Crippen molar-refractivity contribution in [3.05, 3.63) is 64.5 Å². The minimum absolute atomic E-state index is 0.115. The van der Waals surface area contributed by atoms with E-state index >= 15 is 0 Å². The molecule has 5 nitrogen and oxygen atoms in total. The van der Waals surface area contributed by atoms with E-state index in [1.165, 1.54) is 11.3 Å².